The van der Waals surface area contributed by atoms with Crippen LogP contribution in [-0.4, -0.2) is 31.0 Å². The molecule has 10 nitrogen and oxygen atoms in total. The van der Waals surface area contributed by atoms with Crippen molar-refractivity contribution in [1.82, 2.24) is 0 Å². The topological polar surface area (TPSA) is 163 Å². The van der Waals surface area contributed by atoms with E-state index in [-0.39, 0.29) is 29.7 Å². The van der Waals surface area contributed by atoms with E-state index in [1.165, 1.54) is 18.4 Å². The van der Waals surface area contributed by atoms with Gasteiger partial charge in [0.05, 0.1) is 29.1 Å². The first kappa shape index (κ1) is 25.7. The Morgan fingerprint density at radius 1 is 0.912 bits per heavy atom. The van der Waals surface area contributed by atoms with Crippen LogP contribution < -0.4 is 14.6 Å². The van der Waals surface area contributed by atoms with Gasteiger partial charge in [-0.2, -0.15) is 8.42 Å². The van der Waals surface area contributed by atoms with Gasteiger partial charge in [0, 0.05) is 0 Å². The van der Waals surface area contributed by atoms with Gasteiger partial charge in [0.25, 0.3) is 0 Å². The van der Waals surface area contributed by atoms with Gasteiger partial charge in [-0.05, 0) is 42.3 Å². The molecule has 0 amide bonds. The maximum absolute atomic E-state index is 13.1. The molecule has 0 atom stereocenters. The van der Waals surface area contributed by atoms with Crippen LogP contribution in [0.4, 0.5) is 5.69 Å². The molecule has 0 aliphatic rings. The minimum absolute atomic E-state index is 0.0146. The highest BCUT2D eigenvalue weighted by Gasteiger charge is 2.32. The molecule has 1 heterocycles. The van der Waals surface area contributed by atoms with Crippen molar-refractivity contribution in [3.05, 3.63) is 66.6 Å². The van der Waals surface area contributed by atoms with Crippen molar-refractivity contribution in [1.29, 1.82) is 0 Å². The van der Waals surface area contributed by atoms with Crippen LogP contribution in [0.15, 0.2) is 80.0 Å². The van der Waals surface area contributed by atoms with E-state index in [0.29, 0.717) is 11.8 Å². The summed E-state index contributed by atoms with van der Waals surface area (Å²) in [4.78, 5) is -2.05. The molecule has 0 aliphatic carbocycles. The standard InChI is InChI=1S/C21H24N2O8S3/c1-15(2)14-32(24,25)20-11-18(23-13-17-9-6-10-30-17)19(12-21(20)33(22,26)27)34(28,29)31-16-7-4-3-5-8-16/h3-12,15,23H,13-14H2,1-2H3,(H2,22,26,27). The van der Waals surface area contributed by atoms with Crippen LogP contribution >= 0.6 is 0 Å². The Bertz CT molecular complexity index is 1460. The van der Waals surface area contributed by atoms with Crippen molar-refractivity contribution >= 4 is 35.7 Å². The number of para-hydroxylation sites is 1. The predicted octanol–water partition coefficient (Wildman–Crippen LogP) is 2.74. The molecule has 0 saturated carbocycles. The van der Waals surface area contributed by atoms with Crippen LogP contribution in [0.2, 0.25) is 0 Å². The van der Waals surface area contributed by atoms with Gasteiger partial charge in [-0.15, -0.1) is 0 Å². The van der Waals surface area contributed by atoms with Crippen molar-refractivity contribution in [3.63, 3.8) is 0 Å². The average molecular weight is 529 g/mol. The largest absolute Gasteiger partial charge is 0.467 e. The third-order valence-electron chi connectivity index (χ3n) is 4.49. The van der Waals surface area contributed by atoms with Gasteiger partial charge in [0.2, 0.25) is 10.0 Å². The fraction of sp³-hybridized carbons (Fsp3) is 0.238. The molecule has 0 bridgehead atoms. The number of benzene rings is 2. The second-order valence-corrected chi connectivity index (χ2v) is 12.8. The van der Waals surface area contributed by atoms with E-state index in [9.17, 15) is 25.3 Å². The lowest BCUT2D eigenvalue weighted by Gasteiger charge is -2.17. The van der Waals surface area contributed by atoms with Gasteiger partial charge in [-0.25, -0.2) is 22.0 Å². The Balaban J connectivity index is 2.23. The molecule has 3 N–H and O–H groups in total. The molecule has 1 aromatic heterocycles. The lowest BCUT2D eigenvalue weighted by molar-refractivity contribution is 0.485. The summed E-state index contributed by atoms with van der Waals surface area (Å²) < 4.78 is 87.3. The highest BCUT2D eigenvalue weighted by Crippen LogP contribution is 2.34. The van der Waals surface area contributed by atoms with Gasteiger partial charge < -0.3 is 13.9 Å². The minimum atomic E-state index is -4.63. The van der Waals surface area contributed by atoms with Crippen LogP contribution in [0.3, 0.4) is 0 Å². The second kappa shape index (κ2) is 9.78. The van der Waals surface area contributed by atoms with E-state index in [2.05, 4.69) is 5.32 Å². The quantitative estimate of drug-likeness (QED) is 0.377. The zero-order valence-electron chi connectivity index (χ0n) is 18.3. The van der Waals surface area contributed by atoms with Crippen LogP contribution in [0.1, 0.15) is 19.6 Å². The number of nitrogens with one attached hydrogen (secondary N) is 1. The van der Waals surface area contributed by atoms with Gasteiger partial charge in [0.15, 0.2) is 9.84 Å². The zero-order valence-corrected chi connectivity index (χ0v) is 20.8. The summed E-state index contributed by atoms with van der Waals surface area (Å²) in [6.07, 6.45) is 1.41. The number of nitrogens with two attached hydrogens (primary N) is 1. The number of rotatable bonds is 10. The molecule has 34 heavy (non-hydrogen) atoms. The Kier molecular flexibility index (Phi) is 7.41. The van der Waals surface area contributed by atoms with Gasteiger partial charge >= 0.3 is 10.1 Å². The first-order valence-electron chi connectivity index (χ1n) is 9.99. The molecule has 3 rings (SSSR count). The Labute approximate surface area is 198 Å². The van der Waals surface area contributed by atoms with E-state index in [1.807, 2.05) is 0 Å². The van der Waals surface area contributed by atoms with E-state index in [4.69, 9.17) is 13.7 Å². The molecular formula is C21H24N2O8S3. The van der Waals surface area contributed by atoms with Crippen molar-refractivity contribution in [3.8, 4) is 5.75 Å². The smallest absolute Gasteiger partial charge is 0.341 e. The van der Waals surface area contributed by atoms with Crippen LogP contribution in [0.25, 0.3) is 0 Å². The number of anilines is 1. The van der Waals surface area contributed by atoms with E-state index in [0.717, 1.165) is 6.07 Å². The van der Waals surface area contributed by atoms with Crippen molar-refractivity contribution in [2.75, 3.05) is 11.1 Å². The van der Waals surface area contributed by atoms with E-state index < -0.39 is 44.7 Å². The zero-order chi connectivity index (χ0) is 25.1. The summed E-state index contributed by atoms with van der Waals surface area (Å²) in [6.45, 7) is 3.28. The molecule has 0 fully saturated rings. The molecule has 0 saturated heterocycles. The second-order valence-electron chi connectivity index (χ2n) is 7.80. The maximum Gasteiger partial charge on any atom is 0.341 e. The van der Waals surface area contributed by atoms with Crippen LogP contribution in [0.5, 0.6) is 5.75 Å². The SMILES string of the molecule is CC(C)CS(=O)(=O)c1cc(NCc2ccco2)c(S(=O)(=O)Oc2ccccc2)cc1S(N)(=O)=O. The Morgan fingerprint density at radius 2 is 1.59 bits per heavy atom. The first-order valence-corrected chi connectivity index (χ1v) is 14.6. The number of sulfone groups is 1. The highest BCUT2D eigenvalue weighted by atomic mass is 32.2. The molecule has 0 radical (unpaired) electrons. The molecule has 0 unspecified atom stereocenters. The molecule has 13 heteroatoms. The number of furan rings is 1. The fourth-order valence-corrected chi connectivity index (χ4v) is 7.39. The first-order chi connectivity index (χ1) is 15.8. The number of hydrogen-bond donors (Lipinski definition) is 2. The summed E-state index contributed by atoms with van der Waals surface area (Å²) in [7, 11) is -13.4. The van der Waals surface area contributed by atoms with Crippen molar-refractivity contribution in [2.24, 2.45) is 11.1 Å². The number of sulfonamides is 1. The lowest BCUT2D eigenvalue weighted by Crippen LogP contribution is -2.22. The van der Waals surface area contributed by atoms with Crippen LogP contribution in [0, 0.1) is 5.92 Å². The normalized spacial score (nSPS) is 12.6. The van der Waals surface area contributed by atoms with Crippen molar-refractivity contribution in [2.45, 2.75) is 35.1 Å². The molecule has 2 aromatic carbocycles. The Hall–Kier alpha value is -2.87. The molecule has 3 aromatic rings. The molecular weight excluding hydrogens is 504 g/mol. The summed E-state index contributed by atoms with van der Waals surface area (Å²) in [5, 5.41) is 8.09. The van der Waals surface area contributed by atoms with Gasteiger partial charge in [-0.1, -0.05) is 32.0 Å². The van der Waals surface area contributed by atoms with E-state index >= 15 is 0 Å². The maximum atomic E-state index is 13.1. The summed E-state index contributed by atoms with van der Waals surface area (Å²) in [6, 6.07) is 12.4. The minimum Gasteiger partial charge on any atom is -0.467 e. The van der Waals surface area contributed by atoms with E-state index in [1.54, 1.807) is 44.2 Å². The van der Waals surface area contributed by atoms with Crippen molar-refractivity contribution < 1.29 is 33.9 Å². The number of primary sulfonamides is 1. The summed E-state index contributed by atoms with van der Waals surface area (Å²) in [5.41, 5.74) is -0.193. The molecule has 0 aliphatic heterocycles. The highest BCUT2D eigenvalue weighted by molar-refractivity contribution is 7.93. The summed E-state index contributed by atoms with van der Waals surface area (Å²) >= 11 is 0. The number of hydrogen-bond acceptors (Lipinski definition) is 9. The Morgan fingerprint density at radius 3 is 2.15 bits per heavy atom. The van der Waals surface area contributed by atoms with Crippen LogP contribution in [-0.2, 0) is 36.5 Å². The fourth-order valence-electron chi connectivity index (χ4n) is 3.12. The van der Waals surface area contributed by atoms with Gasteiger partial charge in [0.1, 0.15) is 21.3 Å². The average Bonchev–Trinajstić information content (AvgIpc) is 3.24. The lowest BCUT2D eigenvalue weighted by atomic mass is 10.3. The predicted molar refractivity (Wildman–Crippen MR) is 125 cm³/mol. The third kappa shape index (κ3) is 6.17. The van der Waals surface area contributed by atoms with Gasteiger partial charge in [-0.3, -0.25) is 0 Å². The molecule has 184 valence electrons. The summed E-state index contributed by atoms with van der Waals surface area (Å²) in [5.74, 6) is -0.301. The third-order valence-corrected chi connectivity index (χ3v) is 8.97. The molecule has 0 spiro atoms. The monoisotopic (exact) mass is 528 g/mol.